The first-order valence-corrected chi connectivity index (χ1v) is 5.58. The Morgan fingerprint density at radius 3 is 2.94 bits per heavy atom. The Labute approximate surface area is 94.3 Å². The molecule has 1 aromatic rings. The van der Waals surface area contributed by atoms with Crippen molar-refractivity contribution in [2.24, 2.45) is 0 Å². The number of anilines is 1. The first-order chi connectivity index (χ1) is 7.72. The van der Waals surface area contributed by atoms with E-state index in [1.54, 1.807) is 12.1 Å². The van der Waals surface area contributed by atoms with Crippen LogP contribution in [0.1, 0.15) is 12.8 Å². The molecule has 0 saturated carbocycles. The molecule has 2 rings (SSSR count). The van der Waals surface area contributed by atoms with E-state index in [0.29, 0.717) is 11.7 Å². The molecular weight excluding hydrogens is 210 g/mol. The first kappa shape index (κ1) is 11.3. The van der Waals surface area contributed by atoms with Crippen molar-refractivity contribution in [1.82, 2.24) is 5.32 Å². The summed E-state index contributed by atoms with van der Waals surface area (Å²) in [6.45, 7) is 1.52. The molecule has 1 saturated heterocycles. The summed E-state index contributed by atoms with van der Waals surface area (Å²) < 4.78 is 26.7. The van der Waals surface area contributed by atoms with Crippen molar-refractivity contribution in [3.63, 3.8) is 0 Å². The van der Waals surface area contributed by atoms with Gasteiger partial charge < -0.3 is 10.2 Å². The third-order valence-corrected chi connectivity index (χ3v) is 3.10. The van der Waals surface area contributed by atoms with E-state index >= 15 is 0 Å². The number of piperidine rings is 1. The van der Waals surface area contributed by atoms with Gasteiger partial charge in [-0.2, -0.15) is 0 Å². The highest BCUT2D eigenvalue weighted by Gasteiger charge is 2.21. The molecule has 0 aliphatic carbocycles. The molecule has 1 aliphatic heterocycles. The number of hydrogen-bond acceptors (Lipinski definition) is 2. The molecule has 0 aromatic heterocycles. The Hall–Kier alpha value is -1.16. The molecular formula is C12H16F2N2. The minimum Gasteiger partial charge on any atom is -0.368 e. The molecule has 0 bridgehead atoms. The van der Waals surface area contributed by atoms with Crippen LogP contribution in [-0.2, 0) is 0 Å². The summed E-state index contributed by atoms with van der Waals surface area (Å²) in [6, 6.07) is 4.70. The number of rotatable bonds is 2. The molecule has 0 amide bonds. The summed E-state index contributed by atoms with van der Waals surface area (Å²) in [5, 5.41) is 3.18. The van der Waals surface area contributed by atoms with Crippen LogP contribution in [0.25, 0.3) is 0 Å². The van der Waals surface area contributed by atoms with Gasteiger partial charge in [0.15, 0.2) is 11.6 Å². The molecule has 1 heterocycles. The van der Waals surface area contributed by atoms with Crippen LogP contribution in [0.5, 0.6) is 0 Å². The van der Waals surface area contributed by atoms with E-state index in [1.165, 1.54) is 0 Å². The van der Waals surface area contributed by atoms with Crippen molar-refractivity contribution in [2.45, 2.75) is 18.9 Å². The van der Waals surface area contributed by atoms with E-state index in [9.17, 15) is 8.78 Å². The van der Waals surface area contributed by atoms with Gasteiger partial charge in [0.25, 0.3) is 0 Å². The molecule has 16 heavy (non-hydrogen) atoms. The van der Waals surface area contributed by atoms with Crippen LogP contribution >= 0.6 is 0 Å². The molecule has 1 fully saturated rings. The summed E-state index contributed by atoms with van der Waals surface area (Å²) in [4.78, 5) is 1.91. The number of hydrogen-bond donors (Lipinski definition) is 1. The number of likely N-dealkylation sites (N-methyl/N-ethyl adjacent to an activating group) is 1. The fraction of sp³-hybridized carbons (Fsp3) is 0.500. The highest BCUT2D eigenvalue weighted by Crippen LogP contribution is 2.24. The van der Waals surface area contributed by atoms with Crippen LogP contribution in [0.3, 0.4) is 0 Å². The van der Waals surface area contributed by atoms with Gasteiger partial charge in [0.1, 0.15) is 0 Å². The van der Waals surface area contributed by atoms with E-state index in [0.717, 1.165) is 32.0 Å². The van der Waals surface area contributed by atoms with Crippen molar-refractivity contribution in [3.05, 3.63) is 29.8 Å². The van der Waals surface area contributed by atoms with Crippen LogP contribution in [0.4, 0.5) is 14.5 Å². The van der Waals surface area contributed by atoms with Crippen LogP contribution in [0.15, 0.2) is 18.2 Å². The largest absolute Gasteiger partial charge is 0.368 e. The third kappa shape index (κ3) is 2.16. The average molecular weight is 226 g/mol. The smallest absolute Gasteiger partial charge is 0.182 e. The zero-order chi connectivity index (χ0) is 11.5. The molecule has 4 heteroatoms. The molecule has 0 radical (unpaired) electrons. The van der Waals surface area contributed by atoms with E-state index < -0.39 is 11.6 Å². The van der Waals surface area contributed by atoms with Crippen molar-refractivity contribution >= 4 is 5.69 Å². The quantitative estimate of drug-likeness (QED) is 0.831. The van der Waals surface area contributed by atoms with Crippen LogP contribution in [0, 0.1) is 11.6 Å². The van der Waals surface area contributed by atoms with Crippen molar-refractivity contribution < 1.29 is 8.78 Å². The normalized spacial score (nSPS) is 21.2. The highest BCUT2D eigenvalue weighted by molar-refractivity contribution is 5.48. The second kappa shape index (κ2) is 4.78. The van der Waals surface area contributed by atoms with E-state index in [4.69, 9.17) is 0 Å². The zero-order valence-electron chi connectivity index (χ0n) is 9.34. The predicted molar refractivity (Wildman–Crippen MR) is 60.7 cm³/mol. The average Bonchev–Trinajstić information content (AvgIpc) is 2.33. The number of benzene rings is 1. The summed E-state index contributed by atoms with van der Waals surface area (Å²) in [6.07, 6.45) is 2.09. The standard InChI is InChI=1S/C12H16F2N2/c1-15-9-4-3-7-16(8-9)11-6-2-5-10(13)12(11)14/h2,5-6,9,15H,3-4,7-8H2,1H3. The van der Waals surface area contributed by atoms with Gasteiger partial charge in [-0.15, -0.1) is 0 Å². The topological polar surface area (TPSA) is 15.3 Å². The van der Waals surface area contributed by atoms with Gasteiger partial charge in [0.2, 0.25) is 0 Å². The maximum atomic E-state index is 13.6. The molecule has 0 spiro atoms. The minimum atomic E-state index is -0.774. The zero-order valence-corrected chi connectivity index (χ0v) is 9.34. The monoisotopic (exact) mass is 226 g/mol. The van der Waals surface area contributed by atoms with Gasteiger partial charge in [0, 0.05) is 19.1 Å². The van der Waals surface area contributed by atoms with Crippen molar-refractivity contribution in [3.8, 4) is 0 Å². The summed E-state index contributed by atoms with van der Waals surface area (Å²) in [5.41, 5.74) is 0.375. The Morgan fingerprint density at radius 2 is 2.19 bits per heavy atom. The van der Waals surface area contributed by atoms with Crippen molar-refractivity contribution in [1.29, 1.82) is 0 Å². The molecule has 1 atom stereocenters. The second-order valence-electron chi connectivity index (χ2n) is 4.15. The Balaban J connectivity index is 2.20. The SMILES string of the molecule is CNC1CCCN(c2cccc(F)c2F)C1. The van der Waals surface area contributed by atoms with Gasteiger partial charge in [-0.3, -0.25) is 0 Å². The van der Waals surface area contributed by atoms with Crippen LogP contribution in [0.2, 0.25) is 0 Å². The Morgan fingerprint density at radius 1 is 1.38 bits per heavy atom. The first-order valence-electron chi connectivity index (χ1n) is 5.58. The van der Waals surface area contributed by atoms with Crippen molar-refractivity contribution in [2.75, 3.05) is 25.0 Å². The summed E-state index contributed by atoms with van der Waals surface area (Å²) >= 11 is 0. The van der Waals surface area contributed by atoms with Crippen LogP contribution in [-0.4, -0.2) is 26.2 Å². The molecule has 88 valence electrons. The molecule has 1 aliphatic rings. The van der Waals surface area contributed by atoms with Gasteiger partial charge in [-0.05, 0) is 32.0 Å². The summed E-state index contributed by atoms with van der Waals surface area (Å²) in [7, 11) is 1.90. The predicted octanol–water partition coefficient (Wildman–Crippen LogP) is 2.15. The lowest BCUT2D eigenvalue weighted by molar-refractivity contribution is 0.440. The van der Waals surface area contributed by atoms with Gasteiger partial charge in [0.05, 0.1) is 5.69 Å². The van der Waals surface area contributed by atoms with E-state index in [1.807, 2.05) is 11.9 Å². The Kier molecular flexibility index (Phi) is 3.39. The lowest BCUT2D eigenvalue weighted by Crippen LogP contribution is -2.44. The summed E-state index contributed by atoms with van der Waals surface area (Å²) in [5.74, 6) is -1.51. The van der Waals surface area contributed by atoms with Gasteiger partial charge in [-0.1, -0.05) is 6.07 Å². The van der Waals surface area contributed by atoms with E-state index in [-0.39, 0.29) is 0 Å². The van der Waals surface area contributed by atoms with Gasteiger partial charge in [-0.25, -0.2) is 8.78 Å². The molecule has 2 nitrogen and oxygen atoms in total. The number of nitrogens with zero attached hydrogens (tertiary/aromatic N) is 1. The van der Waals surface area contributed by atoms with E-state index in [2.05, 4.69) is 5.32 Å². The number of nitrogens with one attached hydrogen (secondary N) is 1. The Bertz CT molecular complexity index is 368. The molecule has 1 N–H and O–H groups in total. The number of halogens is 2. The fourth-order valence-corrected chi connectivity index (χ4v) is 2.17. The lowest BCUT2D eigenvalue weighted by atomic mass is 10.1. The third-order valence-electron chi connectivity index (χ3n) is 3.10. The molecule has 1 unspecified atom stereocenters. The highest BCUT2D eigenvalue weighted by atomic mass is 19.2. The minimum absolute atomic E-state index is 0.358. The van der Waals surface area contributed by atoms with Gasteiger partial charge >= 0.3 is 0 Å². The maximum Gasteiger partial charge on any atom is 0.182 e. The second-order valence-corrected chi connectivity index (χ2v) is 4.15. The molecule has 1 aromatic carbocycles. The fourth-order valence-electron chi connectivity index (χ4n) is 2.17. The lowest BCUT2D eigenvalue weighted by Gasteiger charge is -2.34. The maximum absolute atomic E-state index is 13.6. The van der Waals surface area contributed by atoms with Crippen LogP contribution < -0.4 is 10.2 Å².